The molecule has 0 spiro atoms. The van der Waals surface area contributed by atoms with Crippen LogP contribution in [0.15, 0.2) is 30.3 Å². The number of methoxy groups -OCH3 is 1. The SMILES string of the molecule is COCC1COC[C@H](COCc2ccccc2)O1. The van der Waals surface area contributed by atoms with Gasteiger partial charge in [-0.05, 0) is 5.56 Å². The van der Waals surface area contributed by atoms with Gasteiger partial charge in [-0.3, -0.25) is 0 Å². The highest BCUT2D eigenvalue weighted by molar-refractivity contribution is 5.13. The van der Waals surface area contributed by atoms with E-state index in [9.17, 15) is 0 Å². The van der Waals surface area contributed by atoms with Crippen LogP contribution in [-0.2, 0) is 25.6 Å². The minimum absolute atomic E-state index is 0.00242. The molecule has 0 radical (unpaired) electrons. The second-order valence-electron chi connectivity index (χ2n) is 4.37. The Kier molecular flexibility index (Phi) is 5.61. The minimum Gasteiger partial charge on any atom is -0.382 e. The first-order valence-electron chi connectivity index (χ1n) is 6.22. The summed E-state index contributed by atoms with van der Waals surface area (Å²) in [5.74, 6) is 0. The van der Waals surface area contributed by atoms with Gasteiger partial charge in [-0.2, -0.15) is 0 Å². The highest BCUT2D eigenvalue weighted by Crippen LogP contribution is 2.10. The molecule has 1 aliphatic rings. The molecule has 2 rings (SSSR count). The van der Waals surface area contributed by atoms with Crippen LogP contribution in [0.5, 0.6) is 0 Å². The van der Waals surface area contributed by atoms with E-state index in [4.69, 9.17) is 18.9 Å². The van der Waals surface area contributed by atoms with E-state index in [2.05, 4.69) is 0 Å². The van der Waals surface area contributed by atoms with E-state index in [-0.39, 0.29) is 12.2 Å². The summed E-state index contributed by atoms with van der Waals surface area (Å²) in [4.78, 5) is 0. The molecular weight excluding hydrogens is 232 g/mol. The highest BCUT2D eigenvalue weighted by Gasteiger charge is 2.22. The first kappa shape index (κ1) is 13.5. The molecule has 100 valence electrons. The Morgan fingerprint density at radius 2 is 1.83 bits per heavy atom. The number of hydrogen-bond acceptors (Lipinski definition) is 4. The van der Waals surface area contributed by atoms with Crippen molar-refractivity contribution in [3.05, 3.63) is 35.9 Å². The molecule has 0 saturated carbocycles. The summed E-state index contributed by atoms with van der Waals surface area (Å²) in [5.41, 5.74) is 1.17. The van der Waals surface area contributed by atoms with Crippen molar-refractivity contribution < 1.29 is 18.9 Å². The maximum absolute atomic E-state index is 5.79. The van der Waals surface area contributed by atoms with Gasteiger partial charge in [0.05, 0.1) is 33.0 Å². The Balaban J connectivity index is 1.67. The summed E-state index contributed by atoms with van der Waals surface area (Å²) < 4.78 is 22.0. The molecule has 1 saturated heterocycles. The largest absolute Gasteiger partial charge is 0.382 e. The molecular formula is C14H20O4. The summed E-state index contributed by atoms with van der Waals surface area (Å²) in [6.07, 6.45) is 0.0247. The number of rotatable bonds is 6. The Labute approximate surface area is 108 Å². The predicted molar refractivity (Wildman–Crippen MR) is 67.5 cm³/mol. The third kappa shape index (κ3) is 4.38. The van der Waals surface area contributed by atoms with Crippen LogP contribution in [0.25, 0.3) is 0 Å². The molecule has 18 heavy (non-hydrogen) atoms. The first-order chi connectivity index (χ1) is 8.88. The van der Waals surface area contributed by atoms with Crippen molar-refractivity contribution in [1.82, 2.24) is 0 Å². The zero-order valence-corrected chi connectivity index (χ0v) is 10.7. The molecule has 0 aliphatic carbocycles. The first-order valence-corrected chi connectivity index (χ1v) is 6.22. The maximum Gasteiger partial charge on any atom is 0.105 e. The lowest BCUT2D eigenvalue weighted by atomic mass is 10.2. The van der Waals surface area contributed by atoms with Crippen LogP contribution in [-0.4, -0.2) is 45.7 Å². The average molecular weight is 252 g/mol. The molecule has 0 bridgehead atoms. The van der Waals surface area contributed by atoms with E-state index < -0.39 is 0 Å². The normalized spacial score (nSPS) is 24.1. The molecule has 0 N–H and O–H groups in total. The fourth-order valence-electron chi connectivity index (χ4n) is 1.92. The van der Waals surface area contributed by atoms with E-state index in [0.717, 1.165) is 0 Å². The Hall–Kier alpha value is -0.940. The van der Waals surface area contributed by atoms with Crippen molar-refractivity contribution in [1.29, 1.82) is 0 Å². The molecule has 0 aromatic heterocycles. The number of ether oxygens (including phenoxy) is 4. The summed E-state index contributed by atoms with van der Waals surface area (Å²) in [6.45, 7) is 2.91. The van der Waals surface area contributed by atoms with Crippen molar-refractivity contribution in [2.45, 2.75) is 18.8 Å². The topological polar surface area (TPSA) is 36.9 Å². The molecule has 1 aromatic carbocycles. The summed E-state index contributed by atoms with van der Waals surface area (Å²) in [7, 11) is 1.67. The number of benzene rings is 1. The second-order valence-corrected chi connectivity index (χ2v) is 4.37. The standard InChI is InChI=1S/C14H20O4/c1-15-8-13-9-17-11-14(18-13)10-16-7-12-5-3-2-4-6-12/h2-6,13-14H,7-11H2,1H3/t13?,14-/m0/s1. The Morgan fingerprint density at radius 1 is 1.11 bits per heavy atom. The second kappa shape index (κ2) is 7.48. The lowest BCUT2D eigenvalue weighted by Gasteiger charge is -2.29. The summed E-state index contributed by atoms with van der Waals surface area (Å²) >= 11 is 0. The van der Waals surface area contributed by atoms with Crippen molar-refractivity contribution >= 4 is 0 Å². The maximum atomic E-state index is 5.79. The van der Waals surface area contributed by atoms with Gasteiger partial charge in [-0.15, -0.1) is 0 Å². The van der Waals surface area contributed by atoms with Crippen molar-refractivity contribution in [3.8, 4) is 0 Å². The van der Waals surface area contributed by atoms with Crippen LogP contribution in [0.2, 0.25) is 0 Å². The lowest BCUT2D eigenvalue weighted by molar-refractivity contribution is -0.171. The third-order valence-electron chi connectivity index (χ3n) is 2.76. The fourth-order valence-corrected chi connectivity index (χ4v) is 1.92. The van der Waals surface area contributed by atoms with Gasteiger partial charge in [-0.1, -0.05) is 30.3 Å². The van der Waals surface area contributed by atoms with Crippen molar-refractivity contribution in [2.75, 3.05) is 33.5 Å². The molecule has 4 nitrogen and oxygen atoms in total. The van der Waals surface area contributed by atoms with Gasteiger partial charge >= 0.3 is 0 Å². The fraction of sp³-hybridized carbons (Fsp3) is 0.571. The van der Waals surface area contributed by atoms with Crippen molar-refractivity contribution in [3.63, 3.8) is 0 Å². The van der Waals surface area contributed by atoms with Crippen LogP contribution in [0.1, 0.15) is 5.56 Å². The summed E-state index contributed by atoms with van der Waals surface area (Å²) in [6, 6.07) is 10.1. The molecule has 1 aromatic rings. The molecule has 1 aliphatic heterocycles. The molecule has 4 heteroatoms. The van der Waals surface area contributed by atoms with Gasteiger partial charge in [-0.25, -0.2) is 0 Å². The third-order valence-corrected chi connectivity index (χ3v) is 2.76. The average Bonchev–Trinajstić information content (AvgIpc) is 2.41. The van der Waals surface area contributed by atoms with E-state index in [0.29, 0.717) is 33.0 Å². The van der Waals surface area contributed by atoms with Gasteiger partial charge in [0.15, 0.2) is 0 Å². The zero-order valence-electron chi connectivity index (χ0n) is 10.7. The molecule has 1 unspecified atom stereocenters. The molecule has 0 amide bonds. The monoisotopic (exact) mass is 252 g/mol. The van der Waals surface area contributed by atoms with Crippen molar-refractivity contribution in [2.24, 2.45) is 0 Å². The van der Waals surface area contributed by atoms with Gasteiger partial charge in [0.1, 0.15) is 12.2 Å². The minimum atomic E-state index is 0.00242. The molecule has 1 fully saturated rings. The van der Waals surface area contributed by atoms with E-state index >= 15 is 0 Å². The Bertz CT molecular complexity index is 326. The zero-order chi connectivity index (χ0) is 12.6. The smallest absolute Gasteiger partial charge is 0.105 e. The highest BCUT2D eigenvalue weighted by atomic mass is 16.6. The lowest BCUT2D eigenvalue weighted by Crippen LogP contribution is -2.40. The van der Waals surface area contributed by atoms with Crippen LogP contribution < -0.4 is 0 Å². The van der Waals surface area contributed by atoms with Gasteiger partial charge < -0.3 is 18.9 Å². The van der Waals surface area contributed by atoms with Crippen LogP contribution in [0.3, 0.4) is 0 Å². The van der Waals surface area contributed by atoms with Gasteiger partial charge in [0, 0.05) is 7.11 Å². The quantitative estimate of drug-likeness (QED) is 0.771. The molecule has 2 atom stereocenters. The Morgan fingerprint density at radius 3 is 2.56 bits per heavy atom. The van der Waals surface area contributed by atoms with Gasteiger partial charge in [0.25, 0.3) is 0 Å². The van der Waals surface area contributed by atoms with E-state index in [1.165, 1.54) is 5.56 Å². The van der Waals surface area contributed by atoms with Crippen LogP contribution in [0.4, 0.5) is 0 Å². The molecule has 1 heterocycles. The summed E-state index contributed by atoms with van der Waals surface area (Å²) in [5, 5.41) is 0. The van der Waals surface area contributed by atoms with E-state index in [1.54, 1.807) is 7.11 Å². The van der Waals surface area contributed by atoms with E-state index in [1.807, 2.05) is 30.3 Å². The van der Waals surface area contributed by atoms with Crippen LogP contribution in [0, 0.1) is 0 Å². The predicted octanol–water partition coefficient (Wildman–Crippen LogP) is 1.63. The van der Waals surface area contributed by atoms with Crippen LogP contribution >= 0.6 is 0 Å². The number of hydrogen-bond donors (Lipinski definition) is 0. The van der Waals surface area contributed by atoms with Gasteiger partial charge in [0.2, 0.25) is 0 Å².